The van der Waals surface area contributed by atoms with Crippen molar-refractivity contribution in [1.82, 2.24) is 0 Å². The second-order valence-electron chi connectivity index (χ2n) is 1.88. The summed E-state index contributed by atoms with van der Waals surface area (Å²) in [5.74, 6) is -18.4. The first-order valence-corrected chi connectivity index (χ1v) is 2.63. The third-order valence-corrected chi connectivity index (χ3v) is 1.05. The van der Waals surface area contributed by atoms with E-state index in [2.05, 4.69) is 0 Å². The molecule has 0 aliphatic carbocycles. The quantitative estimate of drug-likeness (QED) is 0.676. The molecule has 0 saturated heterocycles. The van der Waals surface area contributed by atoms with Crippen LogP contribution in [0.15, 0.2) is 0 Å². The van der Waals surface area contributed by atoms with Crippen LogP contribution in [0.2, 0.25) is 0 Å². The molecule has 0 amide bonds. The van der Waals surface area contributed by atoms with E-state index in [4.69, 9.17) is 0 Å². The molecule has 0 aromatic heterocycles. The molecule has 0 radical (unpaired) electrons. The highest BCUT2D eigenvalue weighted by molar-refractivity contribution is 5.89. The first-order valence-electron chi connectivity index (χ1n) is 2.63. The van der Waals surface area contributed by atoms with Crippen LogP contribution >= 0.6 is 0 Å². The Morgan fingerprint density at radius 1 is 0.786 bits per heavy atom. The Hall–Kier alpha value is -1.48. The highest BCUT2D eigenvalue weighted by Gasteiger charge is 2.70. The lowest BCUT2D eigenvalue weighted by Crippen LogP contribution is -2.52. The molecule has 0 N–H and O–H groups in total. The standard InChI is InChI=1S/C4F6O4/c5-3(6,1(11)13-9)4(7,8)2(12)14-10. The summed E-state index contributed by atoms with van der Waals surface area (Å²) in [5, 5.41) is 0. The molecule has 14 heavy (non-hydrogen) atoms. The summed E-state index contributed by atoms with van der Waals surface area (Å²) in [6, 6.07) is 0. The number of carbonyl (C=O) groups excluding carboxylic acids is 2. The molecule has 4 nitrogen and oxygen atoms in total. The average Bonchev–Trinajstić information content (AvgIpc) is 2.14. The van der Waals surface area contributed by atoms with Gasteiger partial charge in [0.05, 0.1) is 0 Å². The molecular formula is C4F6O4. The van der Waals surface area contributed by atoms with Crippen molar-refractivity contribution < 1.29 is 46.1 Å². The van der Waals surface area contributed by atoms with E-state index < -0.39 is 23.8 Å². The topological polar surface area (TPSA) is 52.6 Å². The molecule has 0 spiro atoms. The van der Waals surface area contributed by atoms with Crippen LogP contribution in [-0.2, 0) is 19.5 Å². The number of halogens is 6. The minimum absolute atomic E-state index is 1.80. The Balaban J connectivity index is 5.06. The summed E-state index contributed by atoms with van der Waals surface area (Å²) in [6.07, 6.45) is 0. The minimum Gasteiger partial charge on any atom is -0.248 e. The molecular weight excluding hydrogens is 226 g/mol. The van der Waals surface area contributed by atoms with Crippen LogP contribution in [0.1, 0.15) is 0 Å². The fourth-order valence-corrected chi connectivity index (χ4v) is 0.353. The van der Waals surface area contributed by atoms with Gasteiger partial charge in [-0.25, -0.2) is 19.5 Å². The van der Waals surface area contributed by atoms with E-state index in [1.54, 1.807) is 9.88 Å². The lowest BCUT2D eigenvalue weighted by atomic mass is 10.2. The Kier molecular flexibility index (Phi) is 3.32. The monoisotopic (exact) mass is 226 g/mol. The van der Waals surface area contributed by atoms with Crippen molar-refractivity contribution in [3.05, 3.63) is 0 Å². The van der Waals surface area contributed by atoms with E-state index in [0.717, 1.165) is 0 Å². The van der Waals surface area contributed by atoms with E-state index >= 15 is 0 Å². The lowest BCUT2D eigenvalue weighted by Gasteiger charge is -2.18. The van der Waals surface area contributed by atoms with Gasteiger partial charge in [0.25, 0.3) is 0 Å². The molecule has 0 fully saturated rings. The van der Waals surface area contributed by atoms with Gasteiger partial charge in [-0.15, -0.1) is 0 Å². The molecule has 0 bridgehead atoms. The number of alkyl halides is 4. The molecule has 0 aromatic rings. The Morgan fingerprint density at radius 3 is 1.14 bits per heavy atom. The van der Waals surface area contributed by atoms with Crippen molar-refractivity contribution in [2.24, 2.45) is 0 Å². The molecule has 0 unspecified atom stereocenters. The third-order valence-electron chi connectivity index (χ3n) is 1.05. The molecule has 0 atom stereocenters. The molecule has 0 aromatic carbocycles. The zero-order chi connectivity index (χ0) is 11.6. The highest BCUT2D eigenvalue weighted by atomic mass is 19.3. The van der Waals surface area contributed by atoms with Gasteiger partial charge in [-0.3, -0.25) is 0 Å². The van der Waals surface area contributed by atoms with Gasteiger partial charge in [0.1, 0.15) is 0 Å². The van der Waals surface area contributed by atoms with E-state index in [-0.39, 0.29) is 0 Å². The SMILES string of the molecule is O=C(OF)C(F)(F)C(F)(F)C(=O)OF. The molecule has 0 heterocycles. The first kappa shape index (κ1) is 12.5. The van der Waals surface area contributed by atoms with Gasteiger partial charge >= 0.3 is 23.8 Å². The van der Waals surface area contributed by atoms with Gasteiger partial charge < -0.3 is 0 Å². The Morgan fingerprint density at radius 2 is 1.00 bits per heavy atom. The van der Waals surface area contributed by atoms with E-state index in [0.29, 0.717) is 0 Å². The summed E-state index contributed by atoms with van der Waals surface area (Å²) >= 11 is 0. The largest absolute Gasteiger partial charge is 0.424 e. The Labute approximate surface area is 71.2 Å². The van der Waals surface area contributed by atoms with Gasteiger partial charge in [-0.2, -0.15) is 17.6 Å². The second-order valence-corrected chi connectivity index (χ2v) is 1.88. The smallest absolute Gasteiger partial charge is 0.248 e. The maximum absolute atomic E-state index is 12.1. The molecule has 10 heteroatoms. The highest BCUT2D eigenvalue weighted by Crippen LogP contribution is 2.36. The van der Waals surface area contributed by atoms with Crippen LogP contribution in [0.3, 0.4) is 0 Å². The zero-order valence-electron chi connectivity index (χ0n) is 5.90. The number of hydrogen-bond acceptors (Lipinski definition) is 4. The van der Waals surface area contributed by atoms with Crippen LogP contribution in [0.25, 0.3) is 0 Å². The molecule has 0 aliphatic heterocycles. The van der Waals surface area contributed by atoms with Crippen molar-refractivity contribution in [1.29, 1.82) is 0 Å². The van der Waals surface area contributed by atoms with Gasteiger partial charge in [0, 0.05) is 9.05 Å². The van der Waals surface area contributed by atoms with Gasteiger partial charge in [0.15, 0.2) is 0 Å². The number of hydrogen-bond donors (Lipinski definition) is 0. The van der Waals surface area contributed by atoms with Crippen molar-refractivity contribution in [2.75, 3.05) is 0 Å². The van der Waals surface area contributed by atoms with Crippen LogP contribution in [-0.4, -0.2) is 23.8 Å². The van der Waals surface area contributed by atoms with Crippen molar-refractivity contribution in [3.8, 4) is 0 Å². The third kappa shape index (κ3) is 1.72. The van der Waals surface area contributed by atoms with Crippen molar-refractivity contribution in [3.63, 3.8) is 0 Å². The minimum atomic E-state index is -5.86. The summed E-state index contributed by atoms with van der Waals surface area (Å²) in [4.78, 5) is 23.1. The Bertz CT molecular complexity index is 224. The van der Waals surface area contributed by atoms with Gasteiger partial charge in [-0.05, 0) is 0 Å². The summed E-state index contributed by atoms with van der Waals surface area (Å²) in [7, 11) is 0. The summed E-state index contributed by atoms with van der Waals surface area (Å²) in [5.41, 5.74) is 0. The van der Waals surface area contributed by atoms with Crippen LogP contribution in [0, 0.1) is 0 Å². The molecule has 0 rings (SSSR count). The first-order chi connectivity index (χ1) is 6.21. The van der Waals surface area contributed by atoms with Crippen LogP contribution < -0.4 is 0 Å². The fraction of sp³-hybridized carbons (Fsp3) is 0.500. The second kappa shape index (κ2) is 3.72. The molecule has 0 aliphatic rings. The number of rotatable bonds is 3. The average molecular weight is 226 g/mol. The predicted molar refractivity (Wildman–Crippen MR) is 24.3 cm³/mol. The van der Waals surface area contributed by atoms with Gasteiger partial charge in [0.2, 0.25) is 0 Å². The predicted octanol–water partition coefficient (Wildman–Crippen LogP) is 1.11. The normalized spacial score (nSPS) is 12.1. The van der Waals surface area contributed by atoms with Crippen molar-refractivity contribution in [2.45, 2.75) is 11.8 Å². The molecule has 0 saturated carbocycles. The number of carbonyl (C=O) groups is 2. The van der Waals surface area contributed by atoms with E-state index in [1.807, 2.05) is 0 Å². The van der Waals surface area contributed by atoms with Crippen LogP contribution in [0.4, 0.5) is 26.6 Å². The van der Waals surface area contributed by atoms with Gasteiger partial charge in [-0.1, -0.05) is 0 Å². The summed E-state index contributed by atoms with van der Waals surface area (Å²) in [6.45, 7) is 0. The van der Waals surface area contributed by atoms with E-state index in [9.17, 15) is 36.2 Å². The zero-order valence-corrected chi connectivity index (χ0v) is 5.90. The maximum Gasteiger partial charge on any atom is 0.424 e. The summed E-state index contributed by atoms with van der Waals surface area (Å²) < 4.78 is 70.1. The molecule has 82 valence electrons. The van der Waals surface area contributed by atoms with Crippen molar-refractivity contribution >= 4 is 11.9 Å². The van der Waals surface area contributed by atoms with E-state index in [1.165, 1.54) is 0 Å². The van der Waals surface area contributed by atoms with Crippen LogP contribution in [0.5, 0.6) is 0 Å². The fourth-order valence-electron chi connectivity index (χ4n) is 0.353. The maximum atomic E-state index is 12.1. The lowest BCUT2D eigenvalue weighted by molar-refractivity contribution is -0.269.